The molecule has 4 rings (SSSR count). The first-order chi connectivity index (χ1) is 15.0. The molecular formula is C21H26FN7O2. The number of ether oxygens (including phenoxy) is 2. The Bertz CT molecular complexity index is 1120. The molecular weight excluding hydrogens is 401 g/mol. The first-order valence-electron chi connectivity index (χ1n) is 10.3. The van der Waals surface area contributed by atoms with Crippen LogP contribution in [0.25, 0.3) is 16.9 Å². The molecule has 0 fully saturated rings. The Labute approximate surface area is 179 Å². The minimum absolute atomic E-state index is 0.110. The lowest BCUT2D eigenvalue weighted by Crippen LogP contribution is -2.21. The lowest BCUT2D eigenvalue weighted by atomic mass is 10.1. The molecule has 0 aromatic carbocycles. The summed E-state index contributed by atoms with van der Waals surface area (Å²) in [5.74, 6) is 0.535. The molecule has 0 aliphatic heterocycles. The van der Waals surface area contributed by atoms with Gasteiger partial charge in [0.25, 0.3) is 0 Å². The fourth-order valence-electron chi connectivity index (χ4n) is 3.31. The van der Waals surface area contributed by atoms with Gasteiger partial charge in [0.2, 0.25) is 11.6 Å². The molecule has 3 heterocycles. The largest absolute Gasteiger partial charge is 0.485 e. The molecule has 1 N–H and O–H groups in total. The zero-order valence-electron chi connectivity index (χ0n) is 18.0. The Hall–Kier alpha value is -3.27. The van der Waals surface area contributed by atoms with E-state index in [-0.39, 0.29) is 18.2 Å². The van der Waals surface area contributed by atoms with Crippen LogP contribution in [0.3, 0.4) is 0 Å². The second-order valence-corrected chi connectivity index (χ2v) is 7.47. The quantitative estimate of drug-likeness (QED) is 0.582. The van der Waals surface area contributed by atoms with E-state index in [9.17, 15) is 4.39 Å². The van der Waals surface area contributed by atoms with Gasteiger partial charge in [-0.2, -0.15) is 14.6 Å². The summed E-state index contributed by atoms with van der Waals surface area (Å²) in [6.45, 7) is 8.31. The van der Waals surface area contributed by atoms with Crippen LogP contribution >= 0.6 is 0 Å². The second-order valence-electron chi connectivity index (χ2n) is 7.47. The second kappa shape index (κ2) is 8.84. The molecule has 0 spiro atoms. The first-order valence-corrected chi connectivity index (χ1v) is 10.3. The summed E-state index contributed by atoms with van der Waals surface area (Å²) < 4.78 is 29.0. The Morgan fingerprint density at radius 1 is 1.32 bits per heavy atom. The van der Waals surface area contributed by atoms with Crippen LogP contribution in [-0.4, -0.2) is 48.1 Å². The van der Waals surface area contributed by atoms with Crippen molar-refractivity contribution in [3.8, 4) is 17.0 Å². The van der Waals surface area contributed by atoms with Gasteiger partial charge in [-0.1, -0.05) is 12.2 Å². The normalized spacial score (nSPS) is 17.2. The molecule has 0 saturated carbocycles. The SMILES string of the molecule is CCOC(C)n1cc(-c2ncn3nc(NC4CC=CC=C4F)nc3c2OC(C)C)cn1. The average molecular weight is 427 g/mol. The smallest absolute Gasteiger partial charge is 0.243 e. The standard InChI is InChI=1S/C21H26FN7O2/c1-5-30-14(4)28-11-15(10-24-28)18-19(31-13(2)3)20-26-21(27-29(20)12-23-18)25-17-9-7-6-8-16(17)22/h6-8,10-14,17H,5,9H2,1-4H3,(H,25,27). The number of fused-ring (bicyclic) bond motifs is 1. The monoisotopic (exact) mass is 427 g/mol. The van der Waals surface area contributed by atoms with E-state index in [4.69, 9.17) is 9.47 Å². The van der Waals surface area contributed by atoms with E-state index in [0.717, 1.165) is 5.56 Å². The van der Waals surface area contributed by atoms with E-state index in [1.165, 1.54) is 10.6 Å². The van der Waals surface area contributed by atoms with Gasteiger partial charge in [-0.3, -0.25) is 0 Å². The molecule has 0 bridgehead atoms. The number of hydrogen-bond donors (Lipinski definition) is 1. The zero-order valence-corrected chi connectivity index (χ0v) is 18.0. The molecule has 2 unspecified atom stereocenters. The predicted molar refractivity (Wildman–Crippen MR) is 114 cm³/mol. The van der Waals surface area contributed by atoms with Gasteiger partial charge in [-0.25, -0.2) is 14.1 Å². The maximum absolute atomic E-state index is 14.1. The highest BCUT2D eigenvalue weighted by Crippen LogP contribution is 2.33. The minimum Gasteiger partial charge on any atom is -0.485 e. The van der Waals surface area contributed by atoms with Gasteiger partial charge in [0.05, 0.1) is 18.3 Å². The van der Waals surface area contributed by atoms with E-state index in [1.54, 1.807) is 23.3 Å². The molecule has 164 valence electrons. The lowest BCUT2D eigenvalue weighted by molar-refractivity contribution is 0.0160. The summed E-state index contributed by atoms with van der Waals surface area (Å²) >= 11 is 0. The summed E-state index contributed by atoms with van der Waals surface area (Å²) in [6.07, 6.45) is 10.4. The molecule has 1 aliphatic carbocycles. The van der Waals surface area contributed by atoms with Crippen molar-refractivity contribution in [1.82, 2.24) is 29.4 Å². The molecule has 9 nitrogen and oxygen atoms in total. The van der Waals surface area contributed by atoms with Crippen LogP contribution in [0, 0.1) is 0 Å². The van der Waals surface area contributed by atoms with Gasteiger partial charge in [0.15, 0.2) is 5.75 Å². The topological polar surface area (TPSA) is 91.4 Å². The lowest BCUT2D eigenvalue weighted by Gasteiger charge is -2.15. The number of anilines is 1. The molecule has 1 aliphatic rings. The minimum atomic E-state index is -0.498. The van der Waals surface area contributed by atoms with E-state index >= 15 is 0 Å². The summed E-state index contributed by atoms with van der Waals surface area (Å²) in [5, 5.41) is 11.8. The van der Waals surface area contributed by atoms with Crippen LogP contribution in [0.1, 0.15) is 40.3 Å². The molecule has 0 amide bonds. The molecule has 3 aromatic rings. The van der Waals surface area contributed by atoms with Crippen molar-refractivity contribution in [1.29, 1.82) is 0 Å². The molecule has 2 atom stereocenters. The van der Waals surface area contributed by atoms with Gasteiger partial charge < -0.3 is 14.8 Å². The van der Waals surface area contributed by atoms with Gasteiger partial charge in [0, 0.05) is 18.4 Å². The van der Waals surface area contributed by atoms with Gasteiger partial charge in [-0.05, 0) is 40.2 Å². The molecule has 10 heteroatoms. The van der Waals surface area contributed by atoms with Crippen molar-refractivity contribution in [2.75, 3.05) is 11.9 Å². The van der Waals surface area contributed by atoms with Crippen molar-refractivity contribution in [3.05, 3.63) is 42.8 Å². The number of aromatic nitrogens is 6. The fourth-order valence-corrected chi connectivity index (χ4v) is 3.31. The Balaban J connectivity index is 1.71. The molecule has 0 radical (unpaired) electrons. The van der Waals surface area contributed by atoms with E-state index < -0.39 is 6.04 Å². The summed E-state index contributed by atoms with van der Waals surface area (Å²) in [7, 11) is 0. The summed E-state index contributed by atoms with van der Waals surface area (Å²) in [4.78, 5) is 9.10. The van der Waals surface area contributed by atoms with E-state index in [0.29, 0.717) is 36.1 Å². The third kappa shape index (κ3) is 4.43. The maximum Gasteiger partial charge on any atom is 0.243 e. The van der Waals surface area contributed by atoms with Gasteiger partial charge in [-0.15, -0.1) is 5.10 Å². The van der Waals surface area contributed by atoms with Crippen LogP contribution in [0.4, 0.5) is 10.3 Å². The Morgan fingerprint density at radius 2 is 2.16 bits per heavy atom. The van der Waals surface area contributed by atoms with E-state index in [1.807, 2.05) is 40.0 Å². The van der Waals surface area contributed by atoms with Crippen LogP contribution < -0.4 is 10.1 Å². The summed E-state index contributed by atoms with van der Waals surface area (Å²) in [5.41, 5.74) is 1.86. The third-order valence-electron chi connectivity index (χ3n) is 4.75. The average Bonchev–Trinajstić information content (AvgIpc) is 3.37. The van der Waals surface area contributed by atoms with Crippen LogP contribution in [0.15, 0.2) is 42.8 Å². The molecule has 31 heavy (non-hydrogen) atoms. The van der Waals surface area contributed by atoms with Crippen LogP contribution in [0.5, 0.6) is 5.75 Å². The number of hydrogen-bond acceptors (Lipinski definition) is 7. The maximum atomic E-state index is 14.1. The first kappa shape index (κ1) is 21.0. The van der Waals surface area contributed by atoms with Gasteiger partial charge >= 0.3 is 0 Å². The van der Waals surface area contributed by atoms with Crippen molar-refractivity contribution in [2.24, 2.45) is 0 Å². The number of allylic oxidation sites excluding steroid dienone is 2. The third-order valence-corrected chi connectivity index (χ3v) is 4.75. The van der Waals surface area contributed by atoms with Gasteiger partial charge in [0.1, 0.15) is 24.1 Å². The van der Waals surface area contributed by atoms with E-state index in [2.05, 4.69) is 25.5 Å². The van der Waals surface area contributed by atoms with Crippen LogP contribution in [0.2, 0.25) is 0 Å². The number of nitrogens with one attached hydrogen (secondary N) is 1. The summed E-state index contributed by atoms with van der Waals surface area (Å²) in [6, 6.07) is -0.498. The zero-order chi connectivity index (χ0) is 22.0. The molecule has 0 saturated heterocycles. The Morgan fingerprint density at radius 3 is 2.90 bits per heavy atom. The highest BCUT2D eigenvalue weighted by atomic mass is 19.1. The fraction of sp³-hybridized carbons (Fsp3) is 0.429. The van der Waals surface area contributed by atoms with Crippen LogP contribution in [-0.2, 0) is 4.74 Å². The predicted octanol–water partition coefficient (Wildman–Crippen LogP) is 3.92. The Kier molecular flexibility index (Phi) is 5.99. The highest BCUT2D eigenvalue weighted by molar-refractivity contribution is 5.74. The van der Waals surface area contributed by atoms with Crippen molar-refractivity contribution >= 4 is 11.6 Å². The number of nitrogens with zero attached hydrogens (tertiary/aromatic N) is 6. The van der Waals surface area contributed by atoms with Crippen molar-refractivity contribution in [2.45, 2.75) is 52.5 Å². The highest BCUT2D eigenvalue weighted by Gasteiger charge is 2.22. The number of halogens is 1. The molecule has 3 aromatic heterocycles. The van der Waals surface area contributed by atoms with Crippen molar-refractivity contribution in [3.63, 3.8) is 0 Å². The van der Waals surface area contributed by atoms with Crippen molar-refractivity contribution < 1.29 is 13.9 Å². The number of rotatable bonds is 8.